The third-order valence-corrected chi connectivity index (χ3v) is 6.50. The third-order valence-electron chi connectivity index (χ3n) is 4.11. The summed E-state index contributed by atoms with van der Waals surface area (Å²) in [6.45, 7) is 5.28. The van der Waals surface area contributed by atoms with E-state index in [2.05, 4.69) is 9.97 Å². The Morgan fingerprint density at radius 1 is 1.26 bits per heavy atom. The highest BCUT2D eigenvalue weighted by molar-refractivity contribution is 7.20. The van der Waals surface area contributed by atoms with Crippen LogP contribution in [0.2, 0.25) is 4.34 Å². The number of hydrogen-bond acceptors (Lipinski definition) is 7. The summed E-state index contributed by atoms with van der Waals surface area (Å²) in [5.41, 5.74) is 0.837. The molecule has 0 spiro atoms. The van der Waals surface area contributed by atoms with Crippen LogP contribution >= 0.6 is 34.3 Å². The molecule has 0 aliphatic heterocycles. The molecule has 0 unspecified atom stereocenters. The maximum Gasteiger partial charge on any atom is 0.264 e. The summed E-state index contributed by atoms with van der Waals surface area (Å²) in [5.74, 6) is 0.966. The molecule has 6 nitrogen and oxygen atoms in total. The number of nitrogens with zero attached hydrogens (tertiary/aromatic N) is 3. The minimum Gasteiger partial charge on any atom is -0.480 e. The van der Waals surface area contributed by atoms with Crippen molar-refractivity contribution in [3.05, 3.63) is 37.6 Å². The first-order valence-electron chi connectivity index (χ1n) is 8.34. The normalized spacial score (nSPS) is 11.1. The van der Waals surface area contributed by atoms with Crippen molar-refractivity contribution in [1.82, 2.24) is 14.9 Å². The van der Waals surface area contributed by atoms with E-state index in [0.29, 0.717) is 29.7 Å². The molecule has 0 bridgehead atoms. The molecule has 3 heterocycles. The van der Waals surface area contributed by atoms with E-state index in [4.69, 9.17) is 21.1 Å². The third kappa shape index (κ3) is 4.08. The highest BCUT2D eigenvalue weighted by Crippen LogP contribution is 2.36. The van der Waals surface area contributed by atoms with Crippen LogP contribution in [-0.4, -0.2) is 41.5 Å². The van der Waals surface area contributed by atoms with Crippen molar-refractivity contribution >= 4 is 50.4 Å². The number of aromatic nitrogens is 2. The largest absolute Gasteiger partial charge is 0.480 e. The highest BCUT2D eigenvalue weighted by atomic mass is 35.5. The molecule has 144 valence electrons. The molecule has 0 aromatic carbocycles. The van der Waals surface area contributed by atoms with Crippen LogP contribution in [0.3, 0.4) is 0 Å². The van der Waals surface area contributed by atoms with Gasteiger partial charge in [0, 0.05) is 18.5 Å². The lowest BCUT2D eigenvalue weighted by molar-refractivity contribution is 0.0758. The maximum absolute atomic E-state index is 13.2. The van der Waals surface area contributed by atoms with Gasteiger partial charge in [-0.25, -0.2) is 4.98 Å². The quantitative estimate of drug-likeness (QED) is 0.556. The van der Waals surface area contributed by atoms with E-state index in [0.717, 1.165) is 25.0 Å². The number of methoxy groups -OCH3 is 2. The Labute approximate surface area is 170 Å². The van der Waals surface area contributed by atoms with Gasteiger partial charge in [-0.1, -0.05) is 11.6 Å². The van der Waals surface area contributed by atoms with Crippen LogP contribution in [0.1, 0.15) is 32.9 Å². The predicted molar refractivity (Wildman–Crippen MR) is 109 cm³/mol. The highest BCUT2D eigenvalue weighted by Gasteiger charge is 2.24. The second-order valence-electron chi connectivity index (χ2n) is 5.84. The molecule has 0 radical (unpaired) electrons. The van der Waals surface area contributed by atoms with Gasteiger partial charge in [-0.3, -0.25) is 4.79 Å². The van der Waals surface area contributed by atoms with Crippen LogP contribution in [-0.2, 0) is 17.9 Å². The smallest absolute Gasteiger partial charge is 0.264 e. The van der Waals surface area contributed by atoms with Gasteiger partial charge in [-0.15, -0.1) is 22.7 Å². The van der Waals surface area contributed by atoms with Crippen molar-refractivity contribution in [3.63, 3.8) is 0 Å². The molecule has 0 saturated heterocycles. The molecule has 3 rings (SSSR count). The number of hydrogen-bond donors (Lipinski definition) is 0. The van der Waals surface area contributed by atoms with Gasteiger partial charge in [-0.2, -0.15) is 4.98 Å². The van der Waals surface area contributed by atoms with Gasteiger partial charge in [0.15, 0.2) is 5.82 Å². The molecule has 0 atom stereocenters. The summed E-state index contributed by atoms with van der Waals surface area (Å²) in [7, 11) is 3.15. The number of fused-ring (bicyclic) bond motifs is 1. The number of carbonyl (C=O) groups is 1. The van der Waals surface area contributed by atoms with Crippen molar-refractivity contribution in [2.75, 3.05) is 20.8 Å². The molecule has 0 aliphatic rings. The van der Waals surface area contributed by atoms with Gasteiger partial charge in [0.25, 0.3) is 5.91 Å². The van der Waals surface area contributed by atoms with Crippen molar-refractivity contribution in [2.45, 2.75) is 27.0 Å². The van der Waals surface area contributed by atoms with Gasteiger partial charge in [0.1, 0.15) is 11.4 Å². The van der Waals surface area contributed by atoms with Crippen molar-refractivity contribution in [2.24, 2.45) is 0 Å². The van der Waals surface area contributed by atoms with Gasteiger partial charge in [0.2, 0.25) is 5.88 Å². The number of carbonyl (C=O) groups excluding carboxylic acids is 1. The summed E-state index contributed by atoms with van der Waals surface area (Å²) in [6, 6.07) is 3.80. The number of amides is 1. The van der Waals surface area contributed by atoms with Crippen LogP contribution < -0.4 is 4.74 Å². The average Bonchev–Trinajstić information content (AvgIpc) is 3.22. The Balaban J connectivity index is 1.99. The molecular formula is C18H20ClN3O3S2. The topological polar surface area (TPSA) is 64.6 Å². The molecule has 0 aliphatic carbocycles. The molecule has 0 N–H and O–H groups in total. The molecule has 3 aromatic rings. The second-order valence-corrected chi connectivity index (χ2v) is 8.64. The molecule has 0 saturated carbocycles. The summed E-state index contributed by atoms with van der Waals surface area (Å²) in [4.78, 5) is 26.3. The number of ether oxygens (including phenoxy) is 2. The number of rotatable bonds is 7. The van der Waals surface area contributed by atoms with E-state index in [1.165, 1.54) is 22.7 Å². The van der Waals surface area contributed by atoms with Crippen LogP contribution in [0.5, 0.6) is 5.88 Å². The Bertz CT molecular complexity index is 970. The fourth-order valence-electron chi connectivity index (χ4n) is 2.79. The standard InChI is InChI=1S/C18H20ClN3O3S2/c1-5-22(8-11-6-7-12(19)26-11)18(23)15-10(2)14-16(25-4)20-13(9-24-3)21-17(14)27-15/h6-7H,5,8-9H2,1-4H3. The number of thiophene rings is 2. The fraction of sp³-hybridized carbons (Fsp3) is 0.389. The summed E-state index contributed by atoms with van der Waals surface area (Å²) in [6.07, 6.45) is 0. The Kier molecular flexibility index (Phi) is 6.31. The second kappa shape index (κ2) is 8.52. The fourth-order valence-corrected chi connectivity index (χ4v) is 5.05. The first kappa shape index (κ1) is 20.0. The van der Waals surface area contributed by atoms with E-state index in [1.54, 1.807) is 19.1 Å². The van der Waals surface area contributed by atoms with Gasteiger partial charge in [-0.05, 0) is 31.5 Å². The SMILES string of the molecule is CCN(Cc1ccc(Cl)s1)C(=O)c1sc2nc(COC)nc(OC)c2c1C. The number of aryl methyl sites for hydroxylation is 1. The zero-order valence-corrected chi connectivity index (χ0v) is 17.9. The Hall–Kier alpha value is -1.74. The Morgan fingerprint density at radius 3 is 2.63 bits per heavy atom. The lowest BCUT2D eigenvalue weighted by atomic mass is 10.2. The summed E-state index contributed by atoms with van der Waals surface area (Å²) in [5, 5.41) is 0.779. The van der Waals surface area contributed by atoms with Gasteiger partial charge in [0.05, 0.1) is 28.3 Å². The average molecular weight is 426 g/mol. The minimum atomic E-state index is -0.0298. The molecule has 3 aromatic heterocycles. The van der Waals surface area contributed by atoms with Gasteiger partial charge < -0.3 is 14.4 Å². The lowest BCUT2D eigenvalue weighted by Gasteiger charge is -2.19. The summed E-state index contributed by atoms with van der Waals surface area (Å²) < 4.78 is 11.3. The lowest BCUT2D eigenvalue weighted by Crippen LogP contribution is -2.29. The van der Waals surface area contributed by atoms with E-state index in [1.807, 2.05) is 26.0 Å². The zero-order valence-electron chi connectivity index (χ0n) is 15.5. The van der Waals surface area contributed by atoms with Crippen LogP contribution in [0.4, 0.5) is 0 Å². The maximum atomic E-state index is 13.2. The van der Waals surface area contributed by atoms with Gasteiger partial charge >= 0.3 is 0 Å². The van der Waals surface area contributed by atoms with Crippen LogP contribution in [0, 0.1) is 6.92 Å². The van der Waals surface area contributed by atoms with E-state index < -0.39 is 0 Å². The molecule has 27 heavy (non-hydrogen) atoms. The first-order chi connectivity index (χ1) is 13.0. The zero-order chi connectivity index (χ0) is 19.6. The van der Waals surface area contributed by atoms with E-state index in [-0.39, 0.29) is 12.5 Å². The molecular weight excluding hydrogens is 406 g/mol. The monoisotopic (exact) mass is 425 g/mol. The molecule has 0 fully saturated rings. The van der Waals surface area contributed by atoms with Crippen molar-refractivity contribution in [1.29, 1.82) is 0 Å². The van der Waals surface area contributed by atoms with E-state index >= 15 is 0 Å². The van der Waals surface area contributed by atoms with Crippen molar-refractivity contribution < 1.29 is 14.3 Å². The van der Waals surface area contributed by atoms with Crippen molar-refractivity contribution in [3.8, 4) is 5.88 Å². The van der Waals surface area contributed by atoms with Crippen LogP contribution in [0.25, 0.3) is 10.2 Å². The molecule has 9 heteroatoms. The number of halogens is 1. The Morgan fingerprint density at radius 2 is 2.04 bits per heavy atom. The first-order valence-corrected chi connectivity index (χ1v) is 10.4. The van der Waals surface area contributed by atoms with E-state index in [9.17, 15) is 4.79 Å². The minimum absolute atomic E-state index is 0.0298. The summed E-state index contributed by atoms with van der Waals surface area (Å²) >= 11 is 8.86. The van der Waals surface area contributed by atoms with Crippen LogP contribution in [0.15, 0.2) is 12.1 Å². The predicted octanol–water partition coefficient (Wildman–Crippen LogP) is 4.53. The molecule has 1 amide bonds.